The number of nitrogens with zero attached hydrogens (tertiary/aromatic N) is 2. The minimum Gasteiger partial charge on any atom is -0.321 e. The van der Waals surface area contributed by atoms with Crippen molar-refractivity contribution in [1.82, 2.24) is 9.97 Å². The molecule has 0 saturated heterocycles. The molecule has 0 bridgehead atoms. The van der Waals surface area contributed by atoms with E-state index in [0.29, 0.717) is 5.92 Å². The zero-order valence-electron chi connectivity index (χ0n) is 11.3. The van der Waals surface area contributed by atoms with Crippen LogP contribution in [0.1, 0.15) is 69.7 Å². The summed E-state index contributed by atoms with van der Waals surface area (Å²) in [4.78, 5) is 9.27. The lowest BCUT2D eigenvalue weighted by molar-refractivity contribution is 0.314. The van der Waals surface area contributed by atoms with Gasteiger partial charge in [0.25, 0.3) is 0 Å². The fourth-order valence-electron chi connectivity index (χ4n) is 1.84. The van der Waals surface area contributed by atoms with Gasteiger partial charge in [-0.3, -0.25) is 0 Å². The zero-order valence-corrected chi connectivity index (χ0v) is 11.3. The molecule has 1 aromatic heterocycles. The summed E-state index contributed by atoms with van der Waals surface area (Å²) in [6.45, 7) is 8.54. The van der Waals surface area contributed by atoms with E-state index in [-0.39, 0.29) is 11.5 Å². The Morgan fingerprint density at radius 2 is 2.00 bits per heavy atom. The minimum atomic E-state index is -0.0912. The van der Waals surface area contributed by atoms with Crippen molar-refractivity contribution in [3.8, 4) is 0 Å². The molecule has 17 heavy (non-hydrogen) atoms. The maximum absolute atomic E-state index is 6.26. The zero-order chi connectivity index (χ0) is 12.6. The molecule has 1 fully saturated rings. The molecule has 3 heteroatoms. The topological polar surface area (TPSA) is 51.8 Å². The average Bonchev–Trinajstić information content (AvgIpc) is 3.10. The first-order valence-electron chi connectivity index (χ1n) is 6.55. The largest absolute Gasteiger partial charge is 0.321 e. The van der Waals surface area contributed by atoms with E-state index in [0.717, 1.165) is 17.9 Å². The number of nitrogens with two attached hydrogens (primary N) is 1. The third kappa shape index (κ3) is 2.83. The van der Waals surface area contributed by atoms with Crippen LogP contribution in [-0.2, 0) is 6.42 Å². The SMILES string of the molecule is CCc1cc(C2CC2)nc(C(N)C(C)(C)C)n1. The van der Waals surface area contributed by atoms with Crippen molar-refractivity contribution in [2.75, 3.05) is 0 Å². The van der Waals surface area contributed by atoms with Gasteiger partial charge in [0.05, 0.1) is 6.04 Å². The smallest absolute Gasteiger partial charge is 0.146 e. The van der Waals surface area contributed by atoms with Gasteiger partial charge in [-0.25, -0.2) is 9.97 Å². The molecule has 0 amide bonds. The molecular formula is C14H23N3. The highest BCUT2D eigenvalue weighted by molar-refractivity contribution is 5.20. The van der Waals surface area contributed by atoms with Crippen LogP contribution in [0, 0.1) is 5.41 Å². The molecule has 0 aliphatic heterocycles. The molecule has 1 aliphatic carbocycles. The Bertz CT molecular complexity index is 402. The van der Waals surface area contributed by atoms with Gasteiger partial charge in [-0.2, -0.15) is 0 Å². The van der Waals surface area contributed by atoms with Gasteiger partial charge in [0.1, 0.15) is 5.82 Å². The molecule has 1 heterocycles. The summed E-state index contributed by atoms with van der Waals surface area (Å²) in [5.41, 5.74) is 8.59. The second-order valence-corrected chi connectivity index (χ2v) is 6.11. The summed E-state index contributed by atoms with van der Waals surface area (Å²) in [7, 11) is 0. The van der Waals surface area contributed by atoms with Crippen LogP contribution in [0.25, 0.3) is 0 Å². The molecule has 2 N–H and O–H groups in total. The number of aryl methyl sites for hydroxylation is 1. The Morgan fingerprint density at radius 1 is 1.35 bits per heavy atom. The molecule has 1 unspecified atom stereocenters. The van der Waals surface area contributed by atoms with Crippen molar-refractivity contribution < 1.29 is 0 Å². The van der Waals surface area contributed by atoms with Crippen molar-refractivity contribution in [3.63, 3.8) is 0 Å². The van der Waals surface area contributed by atoms with Gasteiger partial charge >= 0.3 is 0 Å². The molecule has 0 spiro atoms. The number of aromatic nitrogens is 2. The Hall–Kier alpha value is -0.960. The second kappa shape index (κ2) is 4.37. The second-order valence-electron chi connectivity index (χ2n) is 6.11. The van der Waals surface area contributed by atoms with Gasteiger partial charge in [-0.1, -0.05) is 27.7 Å². The van der Waals surface area contributed by atoms with Crippen LogP contribution >= 0.6 is 0 Å². The van der Waals surface area contributed by atoms with Crippen LogP contribution in [-0.4, -0.2) is 9.97 Å². The Kier molecular flexibility index (Phi) is 3.21. The first-order valence-corrected chi connectivity index (χ1v) is 6.55. The summed E-state index contributed by atoms with van der Waals surface area (Å²) in [5, 5.41) is 0. The lowest BCUT2D eigenvalue weighted by Gasteiger charge is -2.26. The molecule has 2 rings (SSSR count). The van der Waals surface area contributed by atoms with Crippen LogP contribution in [0.2, 0.25) is 0 Å². The summed E-state index contributed by atoms with van der Waals surface area (Å²) < 4.78 is 0. The lowest BCUT2D eigenvalue weighted by atomic mass is 9.87. The van der Waals surface area contributed by atoms with E-state index in [1.165, 1.54) is 18.5 Å². The highest BCUT2D eigenvalue weighted by atomic mass is 15.0. The third-order valence-corrected chi connectivity index (χ3v) is 3.39. The molecular weight excluding hydrogens is 210 g/mol. The number of hydrogen-bond acceptors (Lipinski definition) is 3. The van der Waals surface area contributed by atoms with E-state index >= 15 is 0 Å². The van der Waals surface area contributed by atoms with Gasteiger partial charge < -0.3 is 5.73 Å². The average molecular weight is 233 g/mol. The molecule has 1 aliphatic rings. The van der Waals surface area contributed by atoms with E-state index in [2.05, 4.69) is 43.7 Å². The van der Waals surface area contributed by atoms with Crippen molar-refractivity contribution in [2.45, 2.75) is 58.9 Å². The Labute approximate surface area is 104 Å². The molecule has 1 aromatic rings. The van der Waals surface area contributed by atoms with Crippen LogP contribution in [0.5, 0.6) is 0 Å². The Balaban J connectivity index is 2.35. The summed E-state index contributed by atoms with van der Waals surface area (Å²) in [6.07, 6.45) is 3.49. The molecule has 1 saturated carbocycles. The third-order valence-electron chi connectivity index (χ3n) is 3.39. The van der Waals surface area contributed by atoms with Gasteiger partial charge in [0.2, 0.25) is 0 Å². The van der Waals surface area contributed by atoms with Gasteiger partial charge in [-0.05, 0) is 30.7 Å². The van der Waals surface area contributed by atoms with E-state index in [4.69, 9.17) is 5.73 Å². The van der Waals surface area contributed by atoms with E-state index in [1.807, 2.05) is 0 Å². The molecule has 0 radical (unpaired) electrons. The maximum atomic E-state index is 6.26. The molecule has 3 nitrogen and oxygen atoms in total. The van der Waals surface area contributed by atoms with Crippen LogP contribution < -0.4 is 5.73 Å². The van der Waals surface area contributed by atoms with Crippen molar-refractivity contribution in [2.24, 2.45) is 11.1 Å². The van der Waals surface area contributed by atoms with Gasteiger partial charge in [0, 0.05) is 17.3 Å². The molecule has 94 valence electrons. The number of hydrogen-bond donors (Lipinski definition) is 1. The maximum Gasteiger partial charge on any atom is 0.146 e. The van der Waals surface area contributed by atoms with Crippen molar-refractivity contribution in [1.29, 1.82) is 0 Å². The fraction of sp³-hybridized carbons (Fsp3) is 0.714. The summed E-state index contributed by atoms with van der Waals surface area (Å²) in [6, 6.07) is 2.06. The molecule has 0 aromatic carbocycles. The van der Waals surface area contributed by atoms with E-state index < -0.39 is 0 Å². The summed E-state index contributed by atoms with van der Waals surface area (Å²) in [5.74, 6) is 1.48. The summed E-state index contributed by atoms with van der Waals surface area (Å²) >= 11 is 0. The normalized spacial score (nSPS) is 18.2. The number of rotatable bonds is 3. The Morgan fingerprint density at radius 3 is 2.47 bits per heavy atom. The van der Waals surface area contributed by atoms with Gasteiger partial charge in [-0.15, -0.1) is 0 Å². The monoisotopic (exact) mass is 233 g/mol. The minimum absolute atomic E-state index is 0.00713. The highest BCUT2D eigenvalue weighted by Gasteiger charge is 2.29. The first-order chi connectivity index (χ1) is 7.91. The standard InChI is InChI=1S/C14H23N3/c1-5-10-8-11(9-6-7-9)17-13(16-10)12(15)14(2,3)4/h8-9,12H,5-7,15H2,1-4H3. The van der Waals surface area contributed by atoms with Crippen LogP contribution in [0.4, 0.5) is 0 Å². The predicted octanol–water partition coefficient (Wildman–Crippen LogP) is 2.96. The van der Waals surface area contributed by atoms with Crippen LogP contribution in [0.15, 0.2) is 6.07 Å². The van der Waals surface area contributed by atoms with Crippen LogP contribution in [0.3, 0.4) is 0 Å². The fourth-order valence-corrected chi connectivity index (χ4v) is 1.84. The van der Waals surface area contributed by atoms with Gasteiger partial charge in [0.15, 0.2) is 0 Å². The first kappa shape index (κ1) is 12.5. The highest BCUT2D eigenvalue weighted by Crippen LogP contribution is 2.40. The quantitative estimate of drug-likeness (QED) is 0.873. The molecule has 1 atom stereocenters. The van der Waals surface area contributed by atoms with E-state index in [9.17, 15) is 0 Å². The van der Waals surface area contributed by atoms with Crippen molar-refractivity contribution in [3.05, 3.63) is 23.3 Å². The lowest BCUT2D eigenvalue weighted by Crippen LogP contribution is -2.28. The van der Waals surface area contributed by atoms with Crippen molar-refractivity contribution >= 4 is 0 Å². The van der Waals surface area contributed by atoms with E-state index in [1.54, 1.807) is 0 Å². The predicted molar refractivity (Wildman–Crippen MR) is 69.8 cm³/mol.